The van der Waals surface area contributed by atoms with Gasteiger partial charge in [0.2, 0.25) is 0 Å². The number of hydrogen-bond acceptors (Lipinski definition) is 3. The topological polar surface area (TPSA) is 58.2 Å². The molecular formula is C16H20ClN3O2. The van der Waals surface area contributed by atoms with Gasteiger partial charge < -0.3 is 9.72 Å². The zero-order valence-corrected chi connectivity index (χ0v) is 13.8. The first-order valence-electron chi connectivity index (χ1n) is 7.48. The van der Waals surface area contributed by atoms with Crippen molar-refractivity contribution in [3.8, 4) is 0 Å². The standard InChI is InChI=1S/C16H20ClN3O2/c1-16(2,3)22-15(21)20-8-4-5-13(20)12-9-10-11(17)6-7-18-14(10)19-12/h6-7,9,13H,4-5,8H2,1-3H3,(H,18,19). The van der Waals surface area contributed by atoms with Crippen molar-refractivity contribution in [2.45, 2.75) is 45.3 Å². The van der Waals surface area contributed by atoms with Crippen LogP contribution in [0.3, 0.4) is 0 Å². The van der Waals surface area contributed by atoms with Gasteiger partial charge in [-0.25, -0.2) is 9.78 Å². The Labute approximate surface area is 134 Å². The number of rotatable bonds is 1. The maximum atomic E-state index is 12.4. The number of H-pyrrole nitrogens is 1. The molecule has 1 aliphatic heterocycles. The second-order valence-electron chi connectivity index (χ2n) is 6.61. The third-order valence-electron chi connectivity index (χ3n) is 3.74. The molecule has 3 heterocycles. The van der Waals surface area contributed by atoms with Crippen LogP contribution in [0.5, 0.6) is 0 Å². The lowest BCUT2D eigenvalue weighted by Crippen LogP contribution is -2.36. The first kappa shape index (κ1) is 15.2. The second kappa shape index (κ2) is 5.47. The first-order chi connectivity index (χ1) is 10.3. The molecule has 0 saturated carbocycles. The Hall–Kier alpha value is -1.75. The van der Waals surface area contributed by atoms with Crippen molar-refractivity contribution >= 4 is 28.7 Å². The Morgan fingerprint density at radius 3 is 2.95 bits per heavy atom. The van der Waals surface area contributed by atoms with Gasteiger partial charge in [-0.3, -0.25) is 4.90 Å². The van der Waals surface area contributed by atoms with Gasteiger partial charge in [0, 0.05) is 23.8 Å². The summed E-state index contributed by atoms with van der Waals surface area (Å²) in [7, 11) is 0. The molecule has 1 amide bonds. The minimum absolute atomic E-state index is 0.0138. The fraction of sp³-hybridized carbons (Fsp3) is 0.500. The molecule has 0 aliphatic carbocycles. The summed E-state index contributed by atoms with van der Waals surface area (Å²) >= 11 is 6.20. The van der Waals surface area contributed by atoms with Gasteiger partial charge in [0.1, 0.15) is 11.2 Å². The molecule has 1 aliphatic rings. The summed E-state index contributed by atoms with van der Waals surface area (Å²) in [4.78, 5) is 21.7. The number of aromatic amines is 1. The summed E-state index contributed by atoms with van der Waals surface area (Å²) in [5.74, 6) is 0. The monoisotopic (exact) mass is 321 g/mol. The van der Waals surface area contributed by atoms with Gasteiger partial charge in [-0.2, -0.15) is 0 Å². The van der Waals surface area contributed by atoms with Gasteiger partial charge in [0.15, 0.2) is 0 Å². The maximum absolute atomic E-state index is 12.4. The van der Waals surface area contributed by atoms with E-state index in [2.05, 4.69) is 9.97 Å². The summed E-state index contributed by atoms with van der Waals surface area (Å²) < 4.78 is 5.50. The summed E-state index contributed by atoms with van der Waals surface area (Å²) in [6.45, 7) is 6.34. The molecule has 0 bridgehead atoms. The van der Waals surface area contributed by atoms with E-state index in [-0.39, 0.29) is 12.1 Å². The molecule has 0 spiro atoms. The molecule has 1 N–H and O–H groups in total. The van der Waals surface area contributed by atoms with Gasteiger partial charge in [-0.1, -0.05) is 11.6 Å². The Morgan fingerprint density at radius 1 is 1.50 bits per heavy atom. The van der Waals surface area contributed by atoms with Crippen LogP contribution in [0.1, 0.15) is 45.3 Å². The number of likely N-dealkylation sites (tertiary alicyclic amines) is 1. The number of nitrogens with one attached hydrogen (secondary N) is 1. The molecule has 0 radical (unpaired) electrons. The lowest BCUT2D eigenvalue weighted by Gasteiger charge is -2.28. The van der Waals surface area contributed by atoms with E-state index in [1.165, 1.54) is 0 Å². The van der Waals surface area contributed by atoms with Crippen LogP contribution < -0.4 is 0 Å². The molecule has 6 heteroatoms. The maximum Gasteiger partial charge on any atom is 0.410 e. The fourth-order valence-corrected chi connectivity index (χ4v) is 3.02. The molecule has 1 fully saturated rings. The third kappa shape index (κ3) is 2.90. The Balaban J connectivity index is 1.88. The van der Waals surface area contributed by atoms with Gasteiger partial charge in [0.25, 0.3) is 0 Å². The average molecular weight is 322 g/mol. The van der Waals surface area contributed by atoms with Crippen LogP contribution >= 0.6 is 11.6 Å². The van der Waals surface area contributed by atoms with Crippen LogP contribution in [-0.2, 0) is 4.74 Å². The minimum atomic E-state index is -0.491. The average Bonchev–Trinajstić information content (AvgIpc) is 3.03. The molecule has 1 unspecified atom stereocenters. The largest absolute Gasteiger partial charge is 0.444 e. The van der Waals surface area contributed by atoms with Crippen molar-refractivity contribution in [1.82, 2.24) is 14.9 Å². The van der Waals surface area contributed by atoms with Gasteiger partial charge in [-0.05, 0) is 45.7 Å². The number of pyridine rings is 1. The van der Waals surface area contributed by atoms with Crippen molar-refractivity contribution in [3.05, 3.63) is 29.0 Å². The van der Waals surface area contributed by atoms with E-state index in [9.17, 15) is 4.79 Å². The quantitative estimate of drug-likeness (QED) is 0.852. The lowest BCUT2D eigenvalue weighted by molar-refractivity contribution is 0.0222. The van der Waals surface area contributed by atoms with E-state index < -0.39 is 5.60 Å². The van der Waals surface area contributed by atoms with Crippen molar-refractivity contribution in [2.24, 2.45) is 0 Å². The Kier molecular flexibility index (Phi) is 3.77. The highest BCUT2D eigenvalue weighted by Crippen LogP contribution is 2.35. The fourth-order valence-electron chi connectivity index (χ4n) is 2.82. The summed E-state index contributed by atoms with van der Waals surface area (Å²) in [5.41, 5.74) is 1.22. The summed E-state index contributed by atoms with van der Waals surface area (Å²) in [5, 5.41) is 1.55. The van der Waals surface area contributed by atoms with Gasteiger partial charge in [-0.15, -0.1) is 0 Å². The van der Waals surface area contributed by atoms with Crippen molar-refractivity contribution in [3.63, 3.8) is 0 Å². The highest BCUT2D eigenvalue weighted by atomic mass is 35.5. The number of nitrogens with zero attached hydrogens (tertiary/aromatic N) is 2. The summed E-state index contributed by atoms with van der Waals surface area (Å²) in [6.07, 6.45) is 3.27. The molecule has 2 aromatic rings. The number of carbonyl (C=O) groups is 1. The number of carbonyl (C=O) groups excluding carboxylic acids is 1. The highest BCUT2D eigenvalue weighted by molar-refractivity contribution is 6.35. The highest BCUT2D eigenvalue weighted by Gasteiger charge is 2.34. The van der Waals surface area contributed by atoms with E-state index in [0.717, 1.165) is 29.6 Å². The predicted molar refractivity (Wildman–Crippen MR) is 86.0 cm³/mol. The number of ether oxygens (including phenoxy) is 1. The molecule has 5 nitrogen and oxygen atoms in total. The van der Waals surface area contributed by atoms with Crippen LogP contribution in [0.25, 0.3) is 11.0 Å². The Bertz CT molecular complexity index is 705. The normalized spacial score (nSPS) is 18.9. The molecule has 1 atom stereocenters. The van der Waals surface area contributed by atoms with Crippen molar-refractivity contribution in [2.75, 3.05) is 6.54 Å². The van der Waals surface area contributed by atoms with E-state index in [4.69, 9.17) is 16.3 Å². The molecular weight excluding hydrogens is 302 g/mol. The van der Waals surface area contributed by atoms with Crippen LogP contribution in [0.2, 0.25) is 5.02 Å². The number of fused-ring (bicyclic) bond motifs is 1. The molecule has 22 heavy (non-hydrogen) atoms. The van der Waals surface area contributed by atoms with Crippen molar-refractivity contribution < 1.29 is 9.53 Å². The molecule has 1 saturated heterocycles. The first-order valence-corrected chi connectivity index (χ1v) is 7.86. The van der Waals surface area contributed by atoms with Crippen LogP contribution in [0, 0.1) is 0 Å². The molecule has 3 rings (SSSR count). The van der Waals surface area contributed by atoms with Gasteiger partial charge in [0.05, 0.1) is 11.1 Å². The molecule has 0 aromatic carbocycles. The molecule has 118 valence electrons. The van der Waals surface area contributed by atoms with Gasteiger partial charge >= 0.3 is 6.09 Å². The lowest BCUT2D eigenvalue weighted by atomic mass is 10.1. The predicted octanol–water partition coefficient (Wildman–Crippen LogP) is 4.29. The summed E-state index contributed by atoms with van der Waals surface area (Å²) in [6, 6.07) is 3.74. The Morgan fingerprint density at radius 2 is 2.27 bits per heavy atom. The second-order valence-corrected chi connectivity index (χ2v) is 7.02. The molecule has 2 aromatic heterocycles. The smallest absolute Gasteiger partial charge is 0.410 e. The number of aromatic nitrogens is 2. The van der Waals surface area contributed by atoms with Crippen molar-refractivity contribution in [1.29, 1.82) is 0 Å². The number of amides is 1. The zero-order valence-electron chi connectivity index (χ0n) is 13.0. The van der Waals surface area contributed by atoms with E-state index in [0.29, 0.717) is 11.6 Å². The third-order valence-corrected chi connectivity index (χ3v) is 4.07. The van der Waals surface area contributed by atoms with Crippen LogP contribution in [0.15, 0.2) is 18.3 Å². The van der Waals surface area contributed by atoms with E-state index >= 15 is 0 Å². The van der Waals surface area contributed by atoms with Crippen LogP contribution in [0.4, 0.5) is 4.79 Å². The van der Waals surface area contributed by atoms with E-state index in [1.54, 1.807) is 17.2 Å². The van der Waals surface area contributed by atoms with Crippen LogP contribution in [-0.4, -0.2) is 33.1 Å². The zero-order chi connectivity index (χ0) is 15.9. The SMILES string of the molecule is CC(C)(C)OC(=O)N1CCCC1c1cc2c(Cl)ccnc2[nH]1. The van der Waals surface area contributed by atoms with E-state index in [1.807, 2.05) is 26.8 Å². The number of hydrogen-bond donors (Lipinski definition) is 1. The number of halogens is 1. The minimum Gasteiger partial charge on any atom is -0.444 e.